The number of anilines is 2. The highest BCUT2D eigenvalue weighted by atomic mass is 16.6. The van der Waals surface area contributed by atoms with Crippen molar-refractivity contribution in [2.24, 2.45) is 0 Å². The van der Waals surface area contributed by atoms with E-state index in [1.165, 1.54) is 69.6 Å². The van der Waals surface area contributed by atoms with Crippen molar-refractivity contribution in [1.29, 1.82) is 0 Å². The molecule has 0 unspecified atom stereocenters. The van der Waals surface area contributed by atoms with Crippen molar-refractivity contribution in [3.8, 4) is 23.0 Å². The molecule has 0 aliphatic carbocycles. The lowest BCUT2D eigenvalue weighted by molar-refractivity contribution is -0.141. The van der Waals surface area contributed by atoms with Gasteiger partial charge in [0.15, 0.2) is 35.5 Å². The average Bonchev–Trinajstić information content (AvgIpc) is 3.98. The minimum absolute atomic E-state index is 0.00186. The Labute approximate surface area is 377 Å². The predicted octanol–water partition coefficient (Wildman–Crippen LogP) is 5.41. The second-order valence-corrected chi connectivity index (χ2v) is 15.1. The number of nitrogens with zero attached hydrogens (tertiary/aromatic N) is 4. The Kier molecular flexibility index (Phi) is 17.8. The van der Waals surface area contributed by atoms with Crippen LogP contribution in [-0.2, 0) is 33.3 Å². The van der Waals surface area contributed by atoms with Crippen LogP contribution in [0.3, 0.4) is 0 Å². The number of benzene rings is 2. The largest absolute Gasteiger partial charge is 0.493 e. The molecule has 0 spiro atoms. The molecular weight excluding hydrogens is 853 g/mol. The highest BCUT2D eigenvalue weighted by Gasteiger charge is 2.48. The average molecular weight is 911 g/mol. The summed E-state index contributed by atoms with van der Waals surface area (Å²) in [5.74, 6) is -0.464. The van der Waals surface area contributed by atoms with Gasteiger partial charge in [-0.1, -0.05) is 25.3 Å². The third-order valence-corrected chi connectivity index (χ3v) is 11.2. The van der Waals surface area contributed by atoms with Crippen molar-refractivity contribution in [3.63, 3.8) is 0 Å². The fourth-order valence-corrected chi connectivity index (χ4v) is 8.23. The van der Waals surface area contributed by atoms with Crippen LogP contribution >= 0.6 is 0 Å². The number of methoxy groups -OCH3 is 5. The SMILES string of the molecule is C=CCOC(=O)N1c2cc(OCCCC(=O)O)c(OC)cc2C(=O)N2CCC[C@H]2[C@@H]1OC.C=CCOC(=O)N1c2cc(OCCCC(=O)OC)c(OC)cc2C(=O)N2CCC[C@H]2[C@@H]1OC. The Morgan fingerprint density at radius 3 is 1.46 bits per heavy atom. The molecule has 0 saturated carbocycles. The quantitative estimate of drug-likeness (QED) is 0.0856. The third kappa shape index (κ3) is 11.2. The number of carboxylic acids is 1. The van der Waals surface area contributed by atoms with Crippen LogP contribution in [-0.4, -0.2) is 150 Å². The van der Waals surface area contributed by atoms with Gasteiger partial charge in [-0.05, 0) is 50.7 Å². The van der Waals surface area contributed by atoms with Gasteiger partial charge in [0.1, 0.15) is 13.2 Å². The zero-order chi connectivity index (χ0) is 47.2. The van der Waals surface area contributed by atoms with E-state index in [1.807, 2.05) is 0 Å². The van der Waals surface area contributed by atoms with Crippen LogP contribution in [0.2, 0.25) is 0 Å². The summed E-state index contributed by atoms with van der Waals surface area (Å²) in [4.78, 5) is 81.2. The minimum Gasteiger partial charge on any atom is -0.493 e. The van der Waals surface area contributed by atoms with E-state index >= 15 is 0 Å². The molecule has 65 heavy (non-hydrogen) atoms. The van der Waals surface area contributed by atoms with E-state index in [4.69, 9.17) is 43.0 Å². The molecule has 6 rings (SSSR count). The van der Waals surface area contributed by atoms with Gasteiger partial charge in [-0.2, -0.15) is 0 Å². The third-order valence-electron chi connectivity index (χ3n) is 11.2. The number of rotatable bonds is 18. The molecule has 4 aliphatic heterocycles. The molecule has 0 bridgehead atoms. The van der Waals surface area contributed by atoms with Crippen molar-refractivity contribution >= 4 is 47.3 Å². The van der Waals surface area contributed by atoms with Crippen LogP contribution in [0.5, 0.6) is 23.0 Å². The molecule has 4 amide bonds. The van der Waals surface area contributed by atoms with E-state index in [0.717, 1.165) is 12.8 Å². The van der Waals surface area contributed by atoms with E-state index in [-0.39, 0.29) is 98.1 Å². The molecule has 2 saturated heterocycles. The number of amides is 4. The number of carbonyl (C=O) groups is 6. The number of aliphatic carboxylic acids is 1. The highest BCUT2D eigenvalue weighted by Crippen LogP contribution is 2.44. The first-order valence-corrected chi connectivity index (χ1v) is 21.2. The molecule has 2 fully saturated rings. The Balaban J connectivity index is 0.000000244. The van der Waals surface area contributed by atoms with Crippen LogP contribution in [0.4, 0.5) is 21.0 Å². The van der Waals surface area contributed by atoms with E-state index in [2.05, 4.69) is 17.9 Å². The Hall–Kier alpha value is -6.54. The number of carboxylic acid groups (broad SMARTS) is 1. The second kappa shape index (κ2) is 23.4. The summed E-state index contributed by atoms with van der Waals surface area (Å²) in [6, 6.07) is 5.56. The lowest BCUT2D eigenvalue weighted by Gasteiger charge is -2.34. The van der Waals surface area contributed by atoms with Crippen molar-refractivity contribution < 1.29 is 76.5 Å². The monoisotopic (exact) mass is 910 g/mol. The van der Waals surface area contributed by atoms with Crippen LogP contribution < -0.4 is 28.7 Å². The Morgan fingerprint density at radius 2 is 1.09 bits per heavy atom. The molecule has 0 aromatic heterocycles. The van der Waals surface area contributed by atoms with E-state index in [0.29, 0.717) is 55.3 Å². The first-order chi connectivity index (χ1) is 31.4. The maximum absolute atomic E-state index is 13.4. The van der Waals surface area contributed by atoms with Gasteiger partial charge in [-0.25, -0.2) is 19.4 Å². The summed E-state index contributed by atoms with van der Waals surface area (Å²) >= 11 is 0. The van der Waals surface area contributed by atoms with Gasteiger partial charge in [-0.15, -0.1) is 0 Å². The molecule has 20 heteroatoms. The number of hydrogen-bond donors (Lipinski definition) is 1. The summed E-state index contributed by atoms with van der Waals surface area (Å²) < 4.78 is 49.1. The van der Waals surface area contributed by atoms with Gasteiger partial charge in [0.05, 0.1) is 69.1 Å². The molecule has 1 N–H and O–H groups in total. The van der Waals surface area contributed by atoms with Crippen LogP contribution in [0, 0.1) is 0 Å². The lowest BCUT2D eigenvalue weighted by atomic mass is 10.1. The van der Waals surface area contributed by atoms with Crippen LogP contribution in [0.15, 0.2) is 49.6 Å². The normalized spacial score (nSPS) is 19.5. The molecular formula is C45H58N4O16. The van der Waals surface area contributed by atoms with Gasteiger partial charge < -0.3 is 57.5 Å². The van der Waals surface area contributed by atoms with Crippen molar-refractivity contribution in [1.82, 2.24) is 9.80 Å². The molecule has 4 atom stereocenters. The van der Waals surface area contributed by atoms with Crippen molar-refractivity contribution in [2.45, 2.75) is 75.9 Å². The highest BCUT2D eigenvalue weighted by molar-refractivity contribution is 6.07. The standard InChI is InChI=1S/C23H30N2O8.C22H28N2O8/c1-5-11-33-23(28)25-17-14-19(32-12-7-9-20(26)30-3)18(29-2)13-15(17)21(27)24-10-6-8-16(24)22(25)31-4;1-4-10-32-22(28)24-16-13-18(31-11-6-8-19(25)26)17(29-2)12-14(16)20(27)23-9-5-7-15(23)21(24)30-3/h5,13-14,16,22H,1,6-12H2,2-4H3;4,12-13,15,21H,1,5-11H2,2-3H3,(H,25,26)/t16-,22-;15-,21-/m00/s1. The number of hydrogen-bond acceptors (Lipinski definition) is 15. The summed E-state index contributed by atoms with van der Waals surface area (Å²) in [5.41, 5.74) is 1.14. The molecule has 20 nitrogen and oxygen atoms in total. The van der Waals surface area contributed by atoms with Gasteiger partial charge in [0.2, 0.25) is 0 Å². The zero-order valence-electron chi connectivity index (χ0n) is 37.4. The van der Waals surface area contributed by atoms with Crippen molar-refractivity contribution in [3.05, 3.63) is 60.7 Å². The maximum Gasteiger partial charge on any atom is 0.416 e. The first kappa shape index (κ1) is 49.5. The van der Waals surface area contributed by atoms with Gasteiger partial charge in [0, 0.05) is 52.3 Å². The van der Waals surface area contributed by atoms with Gasteiger partial charge in [0.25, 0.3) is 11.8 Å². The molecule has 4 aliphatic rings. The topological polar surface area (TPSA) is 219 Å². The number of ether oxygens (including phenoxy) is 9. The lowest BCUT2D eigenvalue weighted by Crippen LogP contribution is -2.52. The Morgan fingerprint density at radius 1 is 0.662 bits per heavy atom. The van der Waals surface area contributed by atoms with E-state index in [1.54, 1.807) is 21.9 Å². The van der Waals surface area contributed by atoms with Crippen LogP contribution in [0.25, 0.3) is 0 Å². The molecule has 2 aromatic rings. The number of carbonyl (C=O) groups excluding carboxylic acids is 5. The van der Waals surface area contributed by atoms with Crippen LogP contribution in [0.1, 0.15) is 72.1 Å². The summed E-state index contributed by atoms with van der Waals surface area (Å²) in [5, 5.41) is 8.83. The fraction of sp³-hybridized carbons (Fsp3) is 0.511. The minimum atomic E-state index is -0.923. The fourth-order valence-electron chi connectivity index (χ4n) is 8.23. The summed E-state index contributed by atoms with van der Waals surface area (Å²) in [6.45, 7) is 8.61. The maximum atomic E-state index is 13.4. The van der Waals surface area contributed by atoms with Gasteiger partial charge >= 0.3 is 24.1 Å². The number of fused-ring (bicyclic) bond motifs is 4. The van der Waals surface area contributed by atoms with Crippen molar-refractivity contribution in [2.75, 3.05) is 84.9 Å². The smallest absolute Gasteiger partial charge is 0.416 e. The molecule has 354 valence electrons. The summed E-state index contributed by atoms with van der Waals surface area (Å²) in [7, 11) is 7.22. The first-order valence-electron chi connectivity index (χ1n) is 21.2. The predicted molar refractivity (Wildman–Crippen MR) is 233 cm³/mol. The summed E-state index contributed by atoms with van der Waals surface area (Å²) in [6.07, 6.45) is 3.92. The zero-order valence-corrected chi connectivity index (χ0v) is 37.4. The second-order valence-electron chi connectivity index (χ2n) is 15.1. The molecule has 2 aromatic carbocycles. The van der Waals surface area contributed by atoms with Gasteiger partial charge in [-0.3, -0.25) is 19.2 Å². The molecule has 4 heterocycles. The Bertz CT molecular complexity index is 2080. The number of esters is 1. The van der Waals surface area contributed by atoms with E-state index < -0.39 is 30.6 Å². The van der Waals surface area contributed by atoms with E-state index in [9.17, 15) is 28.8 Å². The molecule has 0 radical (unpaired) electrons.